The third-order valence-electron chi connectivity index (χ3n) is 2.54. The molecule has 0 unspecified atom stereocenters. The van der Waals surface area contributed by atoms with E-state index >= 15 is 0 Å². The third kappa shape index (κ3) is 1.42. The fourth-order valence-electron chi connectivity index (χ4n) is 1.79. The summed E-state index contributed by atoms with van der Waals surface area (Å²) < 4.78 is 0. The fraction of sp³-hybridized carbons (Fsp3) is 0. The molecule has 74 valence electrons. The van der Waals surface area contributed by atoms with E-state index in [4.69, 9.17) is 0 Å². The summed E-state index contributed by atoms with van der Waals surface area (Å²) in [5.74, 6) is 0. The van der Waals surface area contributed by atoms with Crippen LogP contribution in [-0.2, 0) is 0 Å². The molecule has 2 rings (SSSR count). The highest BCUT2D eigenvalue weighted by Crippen LogP contribution is 2.26. The van der Waals surface area contributed by atoms with E-state index in [-0.39, 0.29) is 0 Å². The van der Waals surface area contributed by atoms with Crippen molar-refractivity contribution in [1.29, 1.82) is 0 Å². The number of benzene rings is 1. The number of hydrogen-bond acceptors (Lipinski definition) is 0. The van der Waals surface area contributed by atoms with Crippen LogP contribution in [0.2, 0.25) is 0 Å². The Balaban J connectivity index is 2.88. The summed E-state index contributed by atoms with van der Waals surface area (Å²) in [6.07, 6.45) is 7.49. The molecule has 15 heavy (non-hydrogen) atoms. The van der Waals surface area contributed by atoms with Gasteiger partial charge in [0.2, 0.25) is 0 Å². The minimum Gasteiger partial charge on any atom is -0.361 e. The SMILES string of the molecule is C=Cc1cc(C=C)c2c(C=C)c[nH]c2c1. The molecule has 0 fully saturated rings. The van der Waals surface area contributed by atoms with Gasteiger partial charge in [0, 0.05) is 17.1 Å². The Hall–Kier alpha value is -2.02. The van der Waals surface area contributed by atoms with Crippen LogP contribution in [0.4, 0.5) is 0 Å². The largest absolute Gasteiger partial charge is 0.361 e. The van der Waals surface area contributed by atoms with Gasteiger partial charge < -0.3 is 4.98 Å². The summed E-state index contributed by atoms with van der Waals surface area (Å²) in [6.45, 7) is 11.4. The molecule has 0 atom stereocenters. The molecule has 0 amide bonds. The quantitative estimate of drug-likeness (QED) is 0.759. The van der Waals surface area contributed by atoms with Crippen LogP contribution >= 0.6 is 0 Å². The molecular weight excluding hydrogens is 182 g/mol. The Labute approximate surface area is 89.4 Å². The molecule has 0 saturated heterocycles. The van der Waals surface area contributed by atoms with Crippen LogP contribution in [0.1, 0.15) is 16.7 Å². The maximum absolute atomic E-state index is 3.83. The number of nitrogens with one attached hydrogen (secondary N) is 1. The van der Waals surface area contributed by atoms with E-state index in [2.05, 4.69) is 36.9 Å². The van der Waals surface area contributed by atoms with E-state index < -0.39 is 0 Å². The minimum absolute atomic E-state index is 1.09. The van der Waals surface area contributed by atoms with Gasteiger partial charge in [-0.15, -0.1) is 0 Å². The normalized spacial score (nSPS) is 10.1. The van der Waals surface area contributed by atoms with Crippen molar-refractivity contribution in [3.63, 3.8) is 0 Å². The predicted molar refractivity (Wildman–Crippen MR) is 68.6 cm³/mol. The molecular formula is C14H13N. The van der Waals surface area contributed by atoms with Crippen molar-refractivity contribution >= 4 is 29.1 Å². The second-order valence-corrected chi connectivity index (χ2v) is 3.39. The molecule has 0 aliphatic rings. The van der Waals surface area contributed by atoms with E-state index in [0.717, 1.165) is 22.2 Å². The molecule has 1 heteroatoms. The highest BCUT2D eigenvalue weighted by atomic mass is 14.7. The average Bonchev–Trinajstić information content (AvgIpc) is 2.70. The standard InChI is InChI=1S/C14H13N/c1-4-10-7-11(5-2)14-12(6-3)9-15-13(14)8-10/h4-9,15H,1-3H2. The third-order valence-corrected chi connectivity index (χ3v) is 2.54. The molecule has 0 aliphatic carbocycles. The topological polar surface area (TPSA) is 15.8 Å². The number of hydrogen-bond donors (Lipinski definition) is 1. The Bertz CT molecular complexity index is 544. The summed E-state index contributed by atoms with van der Waals surface area (Å²) in [6, 6.07) is 4.14. The van der Waals surface area contributed by atoms with Crippen molar-refractivity contribution in [3.8, 4) is 0 Å². The molecule has 0 spiro atoms. The number of rotatable bonds is 3. The van der Waals surface area contributed by atoms with Crippen molar-refractivity contribution in [2.45, 2.75) is 0 Å². The number of aromatic nitrogens is 1. The molecule has 1 N–H and O–H groups in total. The molecule has 1 heterocycles. The van der Waals surface area contributed by atoms with Crippen LogP contribution in [0.3, 0.4) is 0 Å². The van der Waals surface area contributed by atoms with Crippen molar-refractivity contribution in [2.75, 3.05) is 0 Å². The second kappa shape index (κ2) is 3.62. The average molecular weight is 195 g/mol. The first-order valence-electron chi connectivity index (χ1n) is 4.82. The molecule has 0 bridgehead atoms. The smallest absolute Gasteiger partial charge is 0.0472 e. The first-order valence-corrected chi connectivity index (χ1v) is 4.82. The van der Waals surface area contributed by atoms with Gasteiger partial charge in [0.25, 0.3) is 0 Å². The van der Waals surface area contributed by atoms with E-state index in [1.165, 1.54) is 5.39 Å². The van der Waals surface area contributed by atoms with Crippen molar-refractivity contribution in [3.05, 3.63) is 54.8 Å². The Morgan fingerprint density at radius 1 is 0.933 bits per heavy atom. The van der Waals surface area contributed by atoms with Crippen LogP contribution in [0.25, 0.3) is 29.1 Å². The molecule has 0 saturated carbocycles. The number of fused-ring (bicyclic) bond motifs is 1. The maximum atomic E-state index is 3.83. The van der Waals surface area contributed by atoms with Crippen LogP contribution in [0, 0.1) is 0 Å². The van der Waals surface area contributed by atoms with Crippen LogP contribution in [-0.4, -0.2) is 4.98 Å². The van der Waals surface area contributed by atoms with Crippen molar-refractivity contribution < 1.29 is 0 Å². The van der Waals surface area contributed by atoms with E-state index in [1.54, 1.807) is 0 Å². The molecule has 0 radical (unpaired) electrons. The lowest BCUT2D eigenvalue weighted by atomic mass is 10.0. The van der Waals surface area contributed by atoms with Gasteiger partial charge in [-0.25, -0.2) is 0 Å². The fourth-order valence-corrected chi connectivity index (χ4v) is 1.79. The number of H-pyrrole nitrogens is 1. The molecule has 0 aliphatic heterocycles. The van der Waals surface area contributed by atoms with E-state index in [1.807, 2.05) is 24.4 Å². The lowest BCUT2D eigenvalue weighted by Gasteiger charge is -2.01. The van der Waals surface area contributed by atoms with Gasteiger partial charge in [-0.3, -0.25) is 0 Å². The predicted octanol–water partition coefficient (Wildman–Crippen LogP) is 4.10. The van der Waals surface area contributed by atoms with E-state index in [9.17, 15) is 0 Å². The van der Waals surface area contributed by atoms with Gasteiger partial charge in [0.15, 0.2) is 0 Å². The molecule has 2 aromatic rings. The summed E-state index contributed by atoms with van der Waals surface area (Å²) >= 11 is 0. The van der Waals surface area contributed by atoms with Crippen LogP contribution in [0.5, 0.6) is 0 Å². The summed E-state index contributed by atoms with van der Waals surface area (Å²) in [5, 5.41) is 1.17. The van der Waals surface area contributed by atoms with Gasteiger partial charge in [0.05, 0.1) is 0 Å². The van der Waals surface area contributed by atoms with Crippen LogP contribution in [0.15, 0.2) is 38.1 Å². The van der Waals surface area contributed by atoms with E-state index in [0.29, 0.717) is 0 Å². The zero-order valence-corrected chi connectivity index (χ0v) is 8.59. The summed E-state index contributed by atoms with van der Waals surface area (Å²) in [7, 11) is 0. The van der Waals surface area contributed by atoms with Gasteiger partial charge in [-0.05, 0) is 28.8 Å². The summed E-state index contributed by atoms with van der Waals surface area (Å²) in [4.78, 5) is 3.22. The van der Waals surface area contributed by atoms with Crippen LogP contribution < -0.4 is 0 Å². The maximum Gasteiger partial charge on any atom is 0.0472 e. The number of aromatic amines is 1. The second-order valence-electron chi connectivity index (χ2n) is 3.39. The Morgan fingerprint density at radius 2 is 1.67 bits per heavy atom. The van der Waals surface area contributed by atoms with Crippen molar-refractivity contribution in [2.24, 2.45) is 0 Å². The Kier molecular flexibility index (Phi) is 2.30. The zero-order chi connectivity index (χ0) is 10.8. The van der Waals surface area contributed by atoms with Gasteiger partial charge >= 0.3 is 0 Å². The molecule has 1 nitrogen and oxygen atoms in total. The van der Waals surface area contributed by atoms with Gasteiger partial charge in [-0.1, -0.05) is 38.0 Å². The Morgan fingerprint density at radius 3 is 2.27 bits per heavy atom. The molecule has 1 aromatic heterocycles. The minimum atomic E-state index is 1.09. The zero-order valence-electron chi connectivity index (χ0n) is 8.59. The first-order chi connectivity index (χ1) is 7.30. The first kappa shape index (κ1) is 9.53. The van der Waals surface area contributed by atoms with Gasteiger partial charge in [-0.2, -0.15) is 0 Å². The monoisotopic (exact) mass is 195 g/mol. The highest BCUT2D eigenvalue weighted by molar-refractivity contribution is 5.96. The van der Waals surface area contributed by atoms with Crippen molar-refractivity contribution in [1.82, 2.24) is 4.98 Å². The molecule has 1 aromatic carbocycles. The highest BCUT2D eigenvalue weighted by Gasteiger charge is 2.05. The summed E-state index contributed by atoms with van der Waals surface area (Å²) in [5.41, 5.74) is 4.40. The lowest BCUT2D eigenvalue weighted by Crippen LogP contribution is -1.80. The van der Waals surface area contributed by atoms with Gasteiger partial charge in [0.1, 0.15) is 0 Å². The lowest BCUT2D eigenvalue weighted by molar-refractivity contribution is 1.47.